The standard InChI is InChI=1S/C16H15ClN2O3/c17-11-1-3-12(4-2-11)19-16(20)7-8-18-13-5-6-14-15(9-13)22-10-21-14/h1-6,9,18H,7-8,10H2,(H,19,20). The molecule has 1 aliphatic heterocycles. The van der Waals surface area contributed by atoms with E-state index in [4.69, 9.17) is 21.1 Å². The highest BCUT2D eigenvalue weighted by Gasteiger charge is 2.13. The molecule has 0 spiro atoms. The molecule has 5 nitrogen and oxygen atoms in total. The van der Waals surface area contributed by atoms with Crippen LogP contribution in [0.5, 0.6) is 11.5 Å². The summed E-state index contributed by atoms with van der Waals surface area (Å²) in [6.07, 6.45) is 0.358. The van der Waals surface area contributed by atoms with Gasteiger partial charge in [0, 0.05) is 35.4 Å². The summed E-state index contributed by atoms with van der Waals surface area (Å²) >= 11 is 5.80. The number of benzene rings is 2. The molecule has 114 valence electrons. The monoisotopic (exact) mass is 318 g/mol. The van der Waals surface area contributed by atoms with Crippen LogP contribution in [0.1, 0.15) is 6.42 Å². The van der Waals surface area contributed by atoms with E-state index < -0.39 is 0 Å². The summed E-state index contributed by atoms with van der Waals surface area (Å²) in [6.45, 7) is 0.779. The largest absolute Gasteiger partial charge is 0.454 e. The number of carbonyl (C=O) groups excluding carboxylic acids is 1. The highest BCUT2D eigenvalue weighted by Crippen LogP contribution is 2.34. The van der Waals surface area contributed by atoms with Gasteiger partial charge >= 0.3 is 0 Å². The highest BCUT2D eigenvalue weighted by atomic mass is 35.5. The molecule has 0 bridgehead atoms. The van der Waals surface area contributed by atoms with Gasteiger partial charge in [-0.1, -0.05) is 11.6 Å². The van der Waals surface area contributed by atoms with Gasteiger partial charge in [-0.25, -0.2) is 0 Å². The van der Waals surface area contributed by atoms with Crippen LogP contribution in [0.25, 0.3) is 0 Å². The van der Waals surface area contributed by atoms with Crippen LogP contribution in [0.3, 0.4) is 0 Å². The second kappa shape index (κ2) is 6.58. The molecule has 1 amide bonds. The number of fused-ring (bicyclic) bond motifs is 1. The zero-order valence-electron chi connectivity index (χ0n) is 11.8. The number of hydrogen-bond acceptors (Lipinski definition) is 4. The van der Waals surface area contributed by atoms with E-state index in [-0.39, 0.29) is 12.7 Å². The summed E-state index contributed by atoms with van der Waals surface area (Å²) in [6, 6.07) is 12.6. The van der Waals surface area contributed by atoms with Crippen molar-refractivity contribution in [2.45, 2.75) is 6.42 Å². The van der Waals surface area contributed by atoms with Crippen LogP contribution >= 0.6 is 11.6 Å². The van der Waals surface area contributed by atoms with Crippen molar-refractivity contribution in [3.63, 3.8) is 0 Å². The number of rotatable bonds is 5. The maximum Gasteiger partial charge on any atom is 0.231 e. The van der Waals surface area contributed by atoms with Crippen molar-refractivity contribution in [3.8, 4) is 11.5 Å². The van der Waals surface area contributed by atoms with E-state index in [0.717, 1.165) is 22.9 Å². The molecule has 1 aliphatic rings. The Kier molecular flexibility index (Phi) is 4.34. The van der Waals surface area contributed by atoms with Crippen LogP contribution in [0, 0.1) is 0 Å². The lowest BCUT2D eigenvalue weighted by Crippen LogP contribution is -2.16. The van der Waals surface area contributed by atoms with Crippen molar-refractivity contribution in [2.24, 2.45) is 0 Å². The lowest BCUT2D eigenvalue weighted by molar-refractivity contribution is -0.115. The molecule has 0 radical (unpaired) electrons. The van der Waals surface area contributed by atoms with Gasteiger partial charge in [0.15, 0.2) is 11.5 Å². The van der Waals surface area contributed by atoms with Crippen LogP contribution in [0.2, 0.25) is 5.02 Å². The van der Waals surface area contributed by atoms with Gasteiger partial charge in [0.1, 0.15) is 0 Å². The Morgan fingerprint density at radius 3 is 2.59 bits per heavy atom. The van der Waals surface area contributed by atoms with E-state index in [0.29, 0.717) is 18.0 Å². The van der Waals surface area contributed by atoms with Crippen LogP contribution in [-0.2, 0) is 4.79 Å². The predicted molar refractivity (Wildman–Crippen MR) is 85.8 cm³/mol. The fraction of sp³-hybridized carbons (Fsp3) is 0.188. The molecular weight excluding hydrogens is 304 g/mol. The number of nitrogens with one attached hydrogen (secondary N) is 2. The number of anilines is 2. The van der Waals surface area contributed by atoms with Gasteiger partial charge in [0.05, 0.1) is 0 Å². The van der Waals surface area contributed by atoms with Crippen molar-refractivity contribution in [2.75, 3.05) is 24.0 Å². The first-order chi connectivity index (χ1) is 10.7. The minimum Gasteiger partial charge on any atom is -0.454 e. The fourth-order valence-corrected chi connectivity index (χ4v) is 2.21. The molecule has 2 aromatic rings. The smallest absolute Gasteiger partial charge is 0.231 e. The molecule has 6 heteroatoms. The molecule has 0 aromatic heterocycles. The second-order valence-corrected chi connectivity index (χ2v) is 5.24. The summed E-state index contributed by atoms with van der Waals surface area (Å²) in [5.41, 5.74) is 1.63. The minimum atomic E-state index is -0.0597. The van der Waals surface area contributed by atoms with Crippen LogP contribution < -0.4 is 20.1 Å². The van der Waals surface area contributed by atoms with E-state index in [1.807, 2.05) is 18.2 Å². The summed E-state index contributed by atoms with van der Waals surface area (Å²) in [4.78, 5) is 11.8. The zero-order valence-corrected chi connectivity index (χ0v) is 12.5. The molecule has 0 saturated carbocycles. The molecule has 2 aromatic carbocycles. The summed E-state index contributed by atoms with van der Waals surface area (Å²) in [5.74, 6) is 1.40. The SMILES string of the molecule is O=C(CCNc1ccc2c(c1)OCO2)Nc1ccc(Cl)cc1. The molecule has 0 atom stereocenters. The molecule has 0 saturated heterocycles. The lowest BCUT2D eigenvalue weighted by atomic mass is 10.2. The number of amides is 1. The van der Waals surface area contributed by atoms with Crippen molar-refractivity contribution in [1.82, 2.24) is 0 Å². The Morgan fingerprint density at radius 2 is 1.77 bits per heavy atom. The Labute approximate surface area is 133 Å². The normalized spacial score (nSPS) is 12.0. The number of halogens is 1. The van der Waals surface area contributed by atoms with Crippen molar-refractivity contribution in [3.05, 3.63) is 47.5 Å². The summed E-state index contributed by atoms with van der Waals surface area (Å²) in [5, 5.41) is 6.64. The Morgan fingerprint density at radius 1 is 1.05 bits per heavy atom. The quantitative estimate of drug-likeness (QED) is 0.885. The molecule has 3 rings (SSSR count). The Balaban J connectivity index is 1.46. The maximum atomic E-state index is 11.8. The highest BCUT2D eigenvalue weighted by molar-refractivity contribution is 6.30. The second-order valence-electron chi connectivity index (χ2n) is 4.80. The summed E-state index contributed by atoms with van der Waals surface area (Å²) in [7, 11) is 0. The molecule has 22 heavy (non-hydrogen) atoms. The van der Waals surface area contributed by atoms with E-state index >= 15 is 0 Å². The third kappa shape index (κ3) is 3.62. The van der Waals surface area contributed by atoms with Gasteiger partial charge in [0.25, 0.3) is 0 Å². The van der Waals surface area contributed by atoms with Gasteiger partial charge < -0.3 is 20.1 Å². The number of ether oxygens (including phenoxy) is 2. The first-order valence-corrected chi connectivity index (χ1v) is 7.27. The average Bonchev–Trinajstić information content (AvgIpc) is 2.97. The van der Waals surface area contributed by atoms with Gasteiger partial charge in [-0.05, 0) is 36.4 Å². The number of carbonyl (C=O) groups is 1. The van der Waals surface area contributed by atoms with Crippen LogP contribution in [0.4, 0.5) is 11.4 Å². The van der Waals surface area contributed by atoms with Gasteiger partial charge in [0.2, 0.25) is 12.7 Å². The number of hydrogen-bond donors (Lipinski definition) is 2. The average molecular weight is 319 g/mol. The van der Waals surface area contributed by atoms with Gasteiger partial charge in [-0.15, -0.1) is 0 Å². The lowest BCUT2D eigenvalue weighted by Gasteiger charge is -2.08. The fourth-order valence-electron chi connectivity index (χ4n) is 2.08. The van der Waals surface area contributed by atoms with E-state index in [1.165, 1.54) is 0 Å². The Bertz CT molecular complexity index is 674. The molecule has 0 aliphatic carbocycles. The third-order valence-corrected chi connectivity index (χ3v) is 3.43. The zero-order chi connectivity index (χ0) is 15.4. The van der Waals surface area contributed by atoms with E-state index in [9.17, 15) is 4.79 Å². The van der Waals surface area contributed by atoms with Gasteiger partial charge in [-0.3, -0.25) is 4.79 Å². The first-order valence-electron chi connectivity index (χ1n) is 6.90. The maximum absolute atomic E-state index is 11.8. The molecular formula is C16H15ClN2O3. The molecule has 0 unspecified atom stereocenters. The van der Waals surface area contributed by atoms with Crippen LogP contribution in [-0.4, -0.2) is 19.2 Å². The minimum absolute atomic E-state index is 0.0597. The van der Waals surface area contributed by atoms with Gasteiger partial charge in [-0.2, -0.15) is 0 Å². The van der Waals surface area contributed by atoms with Crippen molar-refractivity contribution >= 4 is 28.9 Å². The Hall–Kier alpha value is -2.40. The molecule has 0 fully saturated rings. The van der Waals surface area contributed by atoms with E-state index in [1.54, 1.807) is 24.3 Å². The van der Waals surface area contributed by atoms with E-state index in [2.05, 4.69) is 10.6 Å². The third-order valence-electron chi connectivity index (χ3n) is 3.18. The topological polar surface area (TPSA) is 59.6 Å². The first kappa shape index (κ1) is 14.5. The summed E-state index contributed by atoms with van der Waals surface area (Å²) < 4.78 is 10.6. The van der Waals surface area contributed by atoms with Crippen molar-refractivity contribution < 1.29 is 14.3 Å². The predicted octanol–water partition coefficient (Wildman–Crippen LogP) is 3.51. The van der Waals surface area contributed by atoms with Crippen LogP contribution in [0.15, 0.2) is 42.5 Å². The molecule has 2 N–H and O–H groups in total. The molecule has 1 heterocycles. The van der Waals surface area contributed by atoms with Crippen molar-refractivity contribution in [1.29, 1.82) is 0 Å².